The Kier molecular flexibility index (Phi) is 6.23. The lowest BCUT2D eigenvalue weighted by molar-refractivity contribution is 0.173. The van der Waals surface area contributed by atoms with Gasteiger partial charge in [-0.1, -0.05) is 13.0 Å². The number of aliphatic imine (C=N–C) groups is 1. The smallest absolute Gasteiger partial charge is 0.194 e. The molecule has 0 aromatic carbocycles. The summed E-state index contributed by atoms with van der Waals surface area (Å²) < 4.78 is 0. The molecule has 130 valence electrons. The average Bonchev–Trinajstić information content (AvgIpc) is 3.28. The number of thiazole rings is 1. The normalized spacial score (nSPS) is 16.6. The third-order valence-electron chi connectivity index (χ3n) is 4.19. The first-order valence-electron chi connectivity index (χ1n) is 8.42. The van der Waals surface area contributed by atoms with E-state index >= 15 is 0 Å². The van der Waals surface area contributed by atoms with Crippen LogP contribution in [0.2, 0.25) is 0 Å². The molecule has 0 radical (unpaired) electrons. The summed E-state index contributed by atoms with van der Waals surface area (Å²) in [7, 11) is 1.86. The van der Waals surface area contributed by atoms with Gasteiger partial charge in [-0.3, -0.25) is 9.89 Å². The number of thiophene rings is 1. The van der Waals surface area contributed by atoms with Crippen molar-refractivity contribution < 1.29 is 0 Å². The third kappa shape index (κ3) is 4.55. The van der Waals surface area contributed by atoms with E-state index in [0.29, 0.717) is 0 Å². The van der Waals surface area contributed by atoms with E-state index in [9.17, 15) is 0 Å². The van der Waals surface area contributed by atoms with Crippen LogP contribution in [0.5, 0.6) is 0 Å². The van der Waals surface area contributed by atoms with Crippen LogP contribution in [0.4, 0.5) is 0 Å². The number of rotatable bonds is 5. The maximum Gasteiger partial charge on any atom is 0.194 e. The second kappa shape index (κ2) is 8.60. The summed E-state index contributed by atoms with van der Waals surface area (Å²) in [6.07, 6.45) is 3.03. The minimum atomic E-state index is 0.757. The number of aromatic nitrogens is 1. The number of hydrogen-bond acceptors (Lipinski definition) is 5. The summed E-state index contributed by atoms with van der Waals surface area (Å²) in [5.74, 6) is 0.985. The Bertz CT molecular complexity index is 642. The van der Waals surface area contributed by atoms with Gasteiger partial charge in [0.25, 0.3) is 0 Å². The molecule has 0 unspecified atom stereocenters. The topological polar surface area (TPSA) is 43.8 Å². The fraction of sp³-hybridized carbons (Fsp3) is 0.529. The van der Waals surface area contributed by atoms with Crippen molar-refractivity contribution in [1.82, 2.24) is 20.1 Å². The van der Waals surface area contributed by atoms with Gasteiger partial charge in [0.2, 0.25) is 0 Å². The van der Waals surface area contributed by atoms with E-state index in [1.54, 1.807) is 11.3 Å². The molecule has 2 aromatic heterocycles. The van der Waals surface area contributed by atoms with Crippen molar-refractivity contribution in [2.45, 2.75) is 26.4 Å². The molecule has 24 heavy (non-hydrogen) atoms. The van der Waals surface area contributed by atoms with Gasteiger partial charge in [-0.2, -0.15) is 0 Å². The Hall–Kier alpha value is -1.44. The zero-order valence-corrected chi connectivity index (χ0v) is 16.0. The molecule has 1 N–H and O–H groups in total. The minimum Gasteiger partial charge on any atom is -0.350 e. The molecule has 3 rings (SSSR count). The molecule has 5 nitrogen and oxygen atoms in total. The second-order valence-electron chi connectivity index (χ2n) is 5.82. The predicted molar refractivity (Wildman–Crippen MR) is 103 cm³/mol. The Labute approximate surface area is 152 Å². The monoisotopic (exact) mass is 363 g/mol. The van der Waals surface area contributed by atoms with Crippen LogP contribution in [0.25, 0.3) is 0 Å². The molecule has 1 aliphatic rings. The van der Waals surface area contributed by atoms with Gasteiger partial charge in [0.05, 0.1) is 6.54 Å². The molecule has 0 aliphatic carbocycles. The first-order valence-corrected chi connectivity index (χ1v) is 10.1. The van der Waals surface area contributed by atoms with Crippen LogP contribution in [0.15, 0.2) is 28.7 Å². The van der Waals surface area contributed by atoms with Crippen molar-refractivity contribution in [3.8, 4) is 0 Å². The van der Waals surface area contributed by atoms with E-state index in [4.69, 9.17) is 0 Å². The molecule has 7 heteroatoms. The summed E-state index contributed by atoms with van der Waals surface area (Å²) >= 11 is 3.62. The van der Waals surface area contributed by atoms with Crippen LogP contribution < -0.4 is 5.32 Å². The highest BCUT2D eigenvalue weighted by Crippen LogP contribution is 2.15. The van der Waals surface area contributed by atoms with Gasteiger partial charge in [-0.15, -0.1) is 22.7 Å². The van der Waals surface area contributed by atoms with Crippen molar-refractivity contribution in [1.29, 1.82) is 0 Å². The number of nitrogens with one attached hydrogen (secondary N) is 1. The van der Waals surface area contributed by atoms with Crippen molar-refractivity contribution in [3.05, 3.63) is 38.5 Å². The molecule has 0 amide bonds. The average molecular weight is 364 g/mol. The fourth-order valence-electron chi connectivity index (χ4n) is 2.82. The van der Waals surface area contributed by atoms with Gasteiger partial charge in [-0.25, -0.2) is 4.98 Å². The van der Waals surface area contributed by atoms with E-state index in [0.717, 1.165) is 56.7 Å². The minimum absolute atomic E-state index is 0.757. The first-order chi connectivity index (χ1) is 11.8. The molecule has 1 saturated heterocycles. The molecule has 0 bridgehead atoms. The summed E-state index contributed by atoms with van der Waals surface area (Å²) in [5, 5.41) is 6.74. The summed E-state index contributed by atoms with van der Waals surface area (Å²) in [6.45, 7) is 8.18. The molecule has 0 spiro atoms. The summed E-state index contributed by atoms with van der Waals surface area (Å²) in [6, 6.07) is 4.35. The van der Waals surface area contributed by atoms with Crippen molar-refractivity contribution >= 4 is 28.6 Å². The molecular weight excluding hydrogens is 338 g/mol. The lowest BCUT2D eigenvalue weighted by atomic mass is 10.3. The number of nitrogens with zero attached hydrogens (tertiary/aromatic N) is 4. The molecular formula is C17H25N5S2. The largest absolute Gasteiger partial charge is 0.350 e. The molecule has 0 atom stereocenters. The number of hydrogen-bond donors (Lipinski definition) is 1. The van der Waals surface area contributed by atoms with E-state index in [2.05, 4.69) is 49.5 Å². The standard InChI is InChI=1S/C17H25N5S2/c1-3-14-11-19-16(24-14)12-20-17(18-2)22-8-6-21(7-9-22)13-15-5-4-10-23-15/h4-5,10-11H,3,6-9,12-13H2,1-2H3,(H,18,20). The Morgan fingerprint density at radius 2 is 2.12 bits per heavy atom. The van der Waals surface area contributed by atoms with Crippen molar-refractivity contribution in [2.24, 2.45) is 4.99 Å². The molecule has 1 aliphatic heterocycles. The number of guanidine groups is 1. The van der Waals surface area contributed by atoms with Gasteiger partial charge in [0.1, 0.15) is 5.01 Å². The first kappa shape index (κ1) is 17.4. The lowest BCUT2D eigenvalue weighted by Crippen LogP contribution is -2.51. The molecule has 0 saturated carbocycles. The van der Waals surface area contributed by atoms with Crippen LogP contribution in [-0.4, -0.2) is 54.0 Å². The van der Waals surface area contributed by atoms with E-state index in [1.807, 2.05) is 24.6 Å². The van der Waals surface area contributed by atoms with Gasteiger partial charge in [0, 0.05) is 55.7 Å². The van der Waals surface area contributed by atoms with Crippen molar-refractivity contribution in [2.75, 3.05) is 33.2 Å². The molecule has 3 heterocycles. The highest BCUT2D eigenvalue weighted by Gasteiger charge is 2.20. The zero-order valence-electron chi connectivity index (χ0n) is 14.4. The Balaban J connectivity index is 1.46. The van der Waals surface area contributed by atoms with Gasteiger partial charge in [-0.05, 0) is 17.9 Å². The number of aryl methyl sites for hydroxylation is 1. The van der Waals surface area contributed by atoms with E-state index in [1.165, 1.54) is 9.75 Å². The van der Waals surface area contributed by atoms with Gasteiger partial charge < -0.3 is 10.2 Å². The van der Waals surface area contributed by atoms with E-state index < -0.39 is 0 Å². The van der Waals surface area contributed by atoms with E-state index in [-0.39, 0.29) is 0 Å². The Morgan fingerprint density at radius 1 is 1.29 bits per heavy atom. The number of piperazine rings is 1. The Morgan fingerprint density at radius 3 is 2.75 bits per heavy atom. The lowest BCUT2D eigenvalue weighted by Gasteiger charge is -2.36. The highest BCUT2D eigenvalue weighted by molar-refractivity contribution is 7.11. The van der Waals surface area contributed by atoms with Gasteiger partial charge in [0.15, 0.2) is 5.96 Å². The van der Waals surface area contributed by atoms with Crippen LogP contribution in [0.3, 0.4) is 0 Å². The fourth-order valence-corrected chi connectivity index (χ4v) is 4.37. The highest BCUT2D eigenvalue weighted by atomic mass is 32.1. The molecule has 1 fully saturated rings. The van der Waals surface area contributed by atoms with Crippen LogP contribution in [0.1, 0.15) is 21.7 Å². The molecule has 2 aromatic rings. The van der Waals surface area contributed by atoms with Crippen LogP contribution >= 0.6 is 22.7 Å². The SMILES string of the molecule is CCc1cnc(CNC(=NC)N2CCN(Cc3cccs3)CC2)s1. The van der Waals surface area contributed by atoms with Gasteiger partial charge >= 0.3 is 0 Å². The maximum absolute atomic E-state index is 4.47. The van der Waals surface area contributed by atoms with Crippen LogP contribution in [-0.2, 0) is 19.5 Å². The second-order valence-corrected chi connectivity index (χ2v) is 8.05. The zero-order chi connectivity index (χ0) is 16.8. The van der Waals surface area contributed by atoms with Crippen molar-refractivity contribution in [3.63, 3.8) is 0 Å². The predicted octanol–water partition coefficient (Wildman–Crippen LogP) is 2.66. The maximum atomic E-state index is 4.47. The quantitative estimate of drug-likeness (QED) is 0.655. The third-order valence-corrected chi connectivity index (χ3v) is 6.19. The van der Waals surface area contributed by atoms with Crippen LogP contribution in [0, 0.1) is 0 Å². The summed E-state index contributed by atoms with van der Waals surface area (Å²) in [5.41, 5.74) is 0. The summed E-state index contributed by atoms with van der Waals surface area (Å²) in [4.78, 5) is 16.6.